The van der Waals surface area contributed by atoms with E-state index in [1.807, 2.05) is 20.8 Å². The summed E-state index contributed by atoms with van der Waals surface area (Å²) in [6.45, 7) is 6.27. The molecule has 1 aromatic heterocycles. The molecule has 1 aromatic rings. The molecule has 6 heteroatoms. The molecule has 0 fully saturated rings. The molecule has 1 amide bonds. The Labute approximate surface area is 94.1 Å². The molecule has 0 saturated carbocycles. The molecule has 0 aromatic carbocycles. The van der Waals surface area contributed by atoms with Crippen molar-refractivity contribution in [3.05, 3.63) is 10.6 Å². The number of likely N-dealkylation sites (N-methyl/N-ethyl adjacent to an activating group) is 1. The van der Waals surface area contributed by atoms with Crippen molar-refractivity contribution < 1.29 is 4.79 Å². The molecule has 1 N–H and O–H groups in total. The van der Waals surface area contributed by atoms with Gasteiger partial charge in [-0.1, -0.05) is 0 Å². The summed E-state index contributed by atoms with van der Waals surface area (Å²) in [4.78, 5) is 13.6. The van der Waals surface area contributed by atoms with E-state index in [-0.39, 0.29) is 11.9 Å². The summed E-state index contributed by atoms with van der Waals surface area (Å²) in [6, 6.07) is -0.304. The minimum atomic E-state index is -0.304. The number of carbonyl (C=O) groups excluding carboxylic acids is 1. The standard InChI is InChI=1S/C9H16N4OS/c1-5-12(4)8(14)6(2)13-7(3)10-11-9(13)15/h6H,5H2,1-4H3,(H,11,15). The number of aromatic amines is 1. The Morgan fingerprint density at radius 1 is 1.73 bits per heavy atom. The molecule has 1 atom stereocenters. The molecular weight excluding hydrogens is 212 g/mol. The van der Waals surface area contributed by atoms with Crippen molar-refractivity contribution in [1.82, 2.24) is 19.7 Å². The van der Waals surface area contributed by atoms with Crippen LogP contribution in [-0.2, 0) is 4.79 Å². The topological polar surface area (TPSA) is 53.9 Å². The largest absolute Gasteiger partial charge is 0.344 e. The third-order valence-electron chi connectivity index (χ3n) is 2.48. The Balaban J connectivity index is 3.00. The normalized spacial score (nSPS) is 12.5. The van der Waals surface area contributed by atoms with Crippen LogP contribution in [0.1, 0.15) is 25.7 Å². The number of aromatic nitrogens is 3. The van der Waals surface area contributed by atoms with Crippen molar-refractivity contribution in [3.8, 4) is 0 Å². The highest BCUT2D eigenvalue weighted by molar-refractivity contribution is 7.71. The lowest BCUT2D eigenvalue weighted by atomic mass is 10.3. The van der Waals surface area contributed by atoms with Gasteiger partial charge in [0.25, 0.3) is 0 Å². The molecule has 0 aliphatic rings. The molecule has 0 radical (unpaired) electrons. The highest BCUT2D eigenvalue weighted by Gasteiger charge is 2.20. The van der Waals surface area contributed by atoms with Gasteiger partial charge in [-0.25, -0.2) is 0 Å². The summed E-state index contributed by atoms with van der Waals surface area (Å²) in [7, 11) is 1.78. The number of aryl methyl sites for hydroxylation is 1. The summed E-state index contributed by atoms with van der Waals surface area (Å²) in [5.41, 5.74) is 0. The zero-order valence-electron chi connectivity index (χ0n) is 9.44. The molecule has 5 nitrogen and oxygen atoms in total. The first-order chi connectivity index (χ1) is 6.99. The van der Waals surface area contributed by atoms with E-state index in [0.717, 1.165) is 5.82 Å². The maximum atomic E-state index is 11.9. The molecule has 1 unspecified atom stereocenters. The summed E-state index contributed by atoms with van der Waals surface area (Å²) < 4.78 is 2.21. The maximum absolute atomic E-state index is 11.9. The van der Waals surface area contributed by atoms with Gasteiger partial charge in [0.2, 0.25) is 5.91 Å². The average Bonchev–Trinajstić information content (AvgIpc) is 2.55. The maximum Gasteiger partial charge on any atom is 0.245 e. The number of rotatable bonds is 3. The van der Waals surface area contributed by atoms with Crippen LogP contribution in [0.5, 0.6) is 0 Å². The number of nitrogens with one attached hydrogen (secondary N) is 1. The fourth-order valence-corrected chi connectivity index (χ4v) is 1.76. The number of amides is 1. The van der Waals surface area contributed by atoms with E-state index in [2.05, 4.69) is 10.2 Å². The number of hydrogen-bond acceptors (Lipinski definition) is 3. The predicted octanol–water partition coefficient (Wildman–Crippen LogP) is 1.29. The Morgan fingerprint density at radius 3 is 2.73 bits per heavy atom. The first kappa shape index (κ1) is 11.9. The number of nitrogens with zero attached hydrogens (tertiary/aromatic N) is 3. The van der Waals surface area contributed by atoms with Crippen LogP contribution >= 0.6 is 12.2 Å². The Bertz CT molecular complexity index is 408. The Morgan fingerprint density at radius 2 is 2.33 bits per heavy atom. The third kappa shape index (κ3) is 2.26. The molecule has 0 bridgehead atoms. The SMILES string of the molecule is CCN(C)C(=O)C(C)n1c(C)n[nH]c1=S. The lowest BCUT2D eigenvalue weighted by molar-refractivity contribution is -0.132. The van der Waals surface area contributed by atoms with Gasteiger partial charge in [0, 0.05) is 13.6 Å². The average molecular weight is 228 g/mol. The summed E-state index contributed by atoms with van der Waals surface area (Å²) in [5, 5.41) is 6.65. The second kappa shape index (κ2) is 4.57. The van der Waals surface area contributed by atoms with Crippen LogP contribution in [0.15, 0.2) is 0 Å². The van der Waals surface area contributed by atoms with Gasteiger partial charge in [-0.15, -0.1) is 0 Å². The molecular formula is C9H16N4OS. The van der Waals surface area contributed by atoms with Gasteiger partial charge in [-0.05, 0) is 33.0 Å². The van der Waals surface area contributed by atoms with E-state index in [1.54, 1.807) is 16.5 Å². The minimum Gasteiger partial charge on any atom is -0.344 e. The van der Waals surface area contributed by atoms with Crippen molar-refractivity contribution in [1.29, 1.82) is 0 Å². The van der Waals surface area contributed by atoms with Crippen LogP contribution in [0, 0.1) is 11.7 Å². The molecule has 15 heavy (non-hydrogen) atoms. The van der Waals surface area contributed by atoms with Crippen LogP contribution < -0.4 is 0 Å². The molecule has 0 saturated heterocycles. The van der Waals surface area contributed by atoms with Crippen LogP contribution in [0.3, 0.4) is 0 Å². The zero-order valence-corrected chi connectivity index (χ0v) is 10.3. The molecule has 0 aliphatic heterocycles. The highest BCUT2D eigenvalue weighted by atomic mass is 32.1. The molecule has 0 aliphatic carbocycles. The van der Waals surface area contributed by atoms with Crippen molar-refractivity contribution in [2.75, 3.05) is 13.6 Å². The fourth-order valence-electron chi connectivity index (χ4n) is 1.42. The van der Waals surface area contributed by atoms with Crippen molar-refractivity contribution in [2.24, 2.45) is 0 Å². The third-order valence-corrected chi connectivity index (χ3v) is 2.76. The van der Waals surface area contributed by atoms with Crippen LogP contribution in [-0.4, -0.2) is 39.2 Å². The monoisotopic (exact) mass is 228 g/mol. The highest BCUT2D eigenvalue weighted by Crippen LogP contribution is 2.11. The van der Waals surface area contributed by atoms with Gasteiger partial charge in [-0.3, -0.25) is 14.5 Å². The molecule has 0 spiro atoms. The van der Waals surface area contributed by atoms with Gasteiger partial charge in [-0.2, -0.15) is 5.10 Å². The molecule has 1 heterocycles. The molecule has 1 rings (SSSR count). The zero-order chi connectivity index (χ0) is 11.6. The Kier molecular flexibility index (Phi) is 3.62. The second-order valence-corrected chi connectivity index (χ2v) is 3.86. The molecule has 84 valence electrons. The van der Waals surface area contributed by atoms with Gasteiger partial charge in [0.15, 0.2) is 4.77 Å². The lowest BCUT2D eigenvalue weighted by Gasteiger charge is -2.20. The first-order valence-corrected chi connectivity index (χ1v) is 5.28. The quantitative estimate of drug-likeness (QED) is 0.793. The van der Waals surface area contributed by atoms with Gasteiger partial charge >= 0.3 is 0 Å². The minimum absolute atomic E-state index is 0.0399. The van der Waals surface area contributed by atoms with Crippen molar-refractivity contribution in [2.45, 2.75) is 26.8 Å². The Hall–Kier alpha value is -1.17. The van der Waals surface area contributed by atoms with Gasteiger partial charge < -0.3 is 4.90 Å². The van der Waals surface area contributed by atoms with E-state index in [0.29, 0.717) is 11.3 Å². The van der Waals surface area contributed by atoms with Gasteiger partial charge in [0.1, 0.15) is 11.9 Å². The van der Waals surface area contributed by atoms with E-state index in [4.69, 9.17) is 12.2 Å². The van der Waals surface area contributed by atoms with E-state index in [1.165, 1.54) is 0 Å². The predicted molar refractivity (Wildman–Crippen MR) is 60.2 cm³/mol. The smallest absolute Gasteiger partial charge is 0.245 e. The van der Waals surface area contributed by atoms with Crippen molar-refractivity contribution in [3.63, 3.8) is 0 Å². The fraction of sp³-hybridized carbons (Fsp3) is 0.667. The van der Waals surface area contributed by atoms with E-state index in [9.17, 15) is 4.79 Å². The lowest BCUT2D eigenvalue weighted by Crippen LogP contribution is -2.33. The number of H-pyrrole nitrogens is 1. The van der Waals surface area contributed by atoms with E-state index >= 15 is 0 Å². The summed E-state index contributed by atoms with van der Waals surface area (Å²) in [5.74, 6) is 0.767. The number of hydrogen-bond donors (Lipinski definition) is 1. The van der Waals surface area contributed by atoms with Crippen LogP contribution in [0.2, 0.25) is 0 Å². The summed E-state index contributed by atoms with van der Waals surface area (Å²) in [6.07, 6.45) is 0. The van der Waals surface area contributed by atoms with Gasteiger partial charge in [0.05, 0.1) is 0 Å². The number of carbonyl (C=O) groups is 1. The van der Waals surface area contributed by atoms with Crippen molar-refractivity contribution >= 4 is 18.1 Å². The summed E-state index contributed by atoms with van der Waals surface area (Å²) >= 11 is 5.07. The second-order valence-electron chi connectivity index (χ2n) is 3.47. The van der Waals surface area contributed by atoms with E-state index < -0.39 is 0 Å². The first-order valence-electron chi connectivity index (χ1n) is 4.87. The van der Waals surface area contributed by atoms with Crippen LogP contribution in [0.25, 0.3) is 0 Å². The van der Waals surface area contributed by atoms with Crippen LogP contribution in [0.4, 0.5) is 0 Å².